The highest BCUT2D eigenvalue weighted by atomic mass is 16.6. The van der Waals surface area contributed by atoms with Crippen LogP contribution in [0.5, 0.6) is 0 Å². The summed E-state index contributed by atoms with van der Waals surface area (Å²) in [6.45, 7) is 1.96. The van der Waals surface area contributed by atoms with Crippen molar-refractivity contribution in [2.45, 2.75) is 32.1 Å². The molecule has 0 unspecified atom stereocenters. The van der Waals surface area contributed by atoms with Crippen LogP contribution in [0.1, 0.15) is 36.3 Å². The van der Waals surface area contributed by atoms with Crippen LogP contribution < -0.4 is 10.6 Å². The zero-order chi connectivity index (χ0) is 21.4. The van der Waals surface area contributed by atoms with E-state index in [0.717, 1.165) is 16.8 Å². The molecule has 2 aliphatic rings. The number of nitrogens with two attached hydrogens (primary N) is 1. The van der Waals surface area contributed by atoms with E-state index in [9.17, 15) is 20.2 Å². The van der Waals surface area contributed by atoms with Gasteiger partial charge >= 0.3 is 0 Å². The first-order valence-corrected chi connectivity index (χ1v) is 9.69. The average Bonchev–Trinajstić information content (AvgIpc) is 2.73. The summed E-state index contributed by atoms with van der Waals surface area (Å²) in [5.74, 6) is -0.343. The highest BCUT2D eigenvalue weighted by Gasteiger charge is 2.40. The molecule has 0 bridgehead atoms. The summed E-state index contributed by atoms with van der Waals surface area (Å²) in [7, 11) is 0. The van der Waals surface area contributed by atoms with Gasteiger partial charge in [-0.05, 0) is 31.4 Å². The van der Waals surface area contributed by atoms with Gasteiger partial charge in [-0.3, -0.25) is 19.8 Å². The van der Waals surface area contributed by atoms with Gasteiger partial charge in [0.1, 0.15) is 5.82 Å². The molecular weight excluding hydrogens is 380 g/mol. The Bertz CT molecular complexity index is 1170. The molecule has 0 spiro atoms. The van der Waals surface area contributed by atoms with Gasteiger partial charge in [0.15, 0.2) is 5.78 Å². The molecule has 0 amide bonds. The molecule has 7 heteroatoms. The molecule has 1 aliphatic heterocycles. The molecule has 1 atom stereocenters. The van der Waals surface area contributed by atoms with E-state index in [4.69, 9.17) is 5.73 Å². The molecule has 1 aliphatic carbocycles. The first-order chi connectivity index (χ1) is 14.4. The van der Waals surface area contributed by atoms with Gasteiger partial charge in [0, 0.05) is 29.8 Å². The number of ketones is 1. The van der Waals surface area contributed by atoms with Gasteiger partial charge in [-0.15, -0.1) is 0 Å². The number of nitro groups is 1. The number of carbonyl (C=O) groups is 1. The van der Waals surface area contributed by atoms with Crippen LogP contribution in [0.15, 0.2) is 71.2 Å². The minimum absolute atomic E-state index is 0.0153. The van der Waals surface area contributed by atoms with Crippen molar-refractivity contribution in [2.24, 2.45) is 5.73 Å². The lowest BCUT2D eigenvalue weighted by Gasteiger charge is -2.39. The molecule has 7 nitrogen and oxygen atoms in total. The number of rotatable bonds is 3. The van der Waals surface area contributed by atoms with E-state index in [2.05, 4.69) is 6.07 Å². The zero-order valence-electron chi connectivity index (χ0n) is 16.5. The van der Waals surface area contributed by atoms with Gasteiger partial charge in [-0.25, -0.2) is 0 Å². The Kier molecular flexibility index (Phi) is 4.84. The molecule has 1 heterocycles. The van der Waals surface area contributed by atoms with Crippen LogP contribution in [0.3, 0.4) is 0 Å². The van der Waals surface area contributed by atoms with Crippen LogP contribution in [-0.4, -0.2) is 10.7 Å². The Balaban J connectivity index is 1.97. The van der Waals surface area contributed by atoms with Gasteiger partial charge in [0.25, 0.3) is 5.69 Å². The second kappa shape index (κ2) is 7.48. The Morgan fingerprint density at radius 1 is 1.20 bits per heavy atom. The molecule has 0 aromatic heterocycles. The van der Waals surface area contributed by atoms with Crippen LogP contribution in [0.25, 0.3) is 0 Å². The number of nitro benzene ring substituents is 1. The second-order valence-corrected chi connectivity index (χ2v) is 7.51. The van der Waals surface area contributed by atoms with Crippen LogP contribution in [-0.2, 0) is 4.79 Å². The molecule has 4 rings (SSSR count). The Morgan fingerprint density at radius 3 is 2.67 bits per heavy atom. The normalized spacial score (nSPS) is 18.9. The third-order valence-corrected chi connectivity index (χ3v) is 5.59. The average molecular weight is 400 g/mol. The summed E-state index contributed by atoms with van der Waals surface area (Å²) in [5.41, 5.74) is 10.3. The van der Waals surface area contributed by atoms with Gasteiger partial charge in [-0.1, -0.05) is 35.9 Å². The molecular formula is C23H20N4O3. The van der Waals surface area contributed by atoms with Crippen LogP contribution in [0.4, 0.5) is 11.4 Å². The first-order valence-electron chi connectivity index (χ1n) is 9.69. The molecule has 2 aromatic carbocycles. The lowest BCUT2D eigenvalue weighted by atomic mass is 9.75. The maximum absolute atomic E-state index is 13.1. The summed E-state index contributed by atoms with van der Waals surface area (Å²) >= 11 is 0. The number of carbonyl (C=O) groups excluding carboxylic acids is 1. The number of aryl methyl sites for hydroxylation is 1. The number of hydrogen-bond acceptors (Lipinski definition) is 6. The van der Waals surface area contributed by atoms with Crippen molar-refractivity contribution in [1.29, 1.82) is 5.26 Å². The minimum atomic E-state index is -0.535. The van der Waals surface area contributed by atoms with Gasteiger partial charge in [-0.2, -0.15) is 5.26 Å². The largest absolute Gasteiger partial charge is 0.384 e. The van der Waals surface area contributed by atoms with E-state index in [1.807, 2.05) is 31.2 Å². The van der Waals surface area contributed by atoms with E-state index >= 15 is 0 Å². The molecule has 2 aromatic rings. The monoisotopic (exact) mass is 400 g/mol. The number of anilines is 1. The number of nitriles is 1. The molecule has 0 radical (unpaired) electrons. The highest BCUT2D eigenvalue weighted by molar-refractivity contribution is 6.01. The maximum atomic E-state index is 13.1. The van der Waals surface area contributed by atoms with Gasteiger partial charge in [0.05, 0.1) is 28.2 Å². The van der Waals surface area contributed by atoms with E-state index in [0.29, 0.717) is 30.5 Å². The van der Waals surface area contributed by atoms with E-state index in [1.54, 1.807) is 17.0 Å². The smallest absolute Gasteiger partial charge is 0.271 e. The van der Waals surface area contributed by atoms with Crippen molar-refractivity contribution in [1.82, 2.24) is 0 Å². The topological polar surface area (TPSA) is 113 Å². The lowest BCUT2D eigenvalue weighted by Crippen LogP contribution is -2.38. The van der Waals surface area contributed by atoms with Crippen molar-refractivity contribution in [3.8, 4) is 6.07 Å². The number of allylic oxidation sites excluding steroid dienone is 3. The first kappa shape index (κ1) is 19.4. The van der Waals surface area contributed by atoms with Crippen molar-refractivity contribution in [2.75, 3.05) is 4.90 Å². The second-order valence-electron chi connectivity index (χ2n) is 7.51. The molecule has 30 heavy (non-hydrogen) atoms. The van der Waals surface area contributed by atoms with Gasteiger partial charge in [0.2, 0.25) is 0 Å². The van der Waals surface area contributed by atoms with Crippen molar-refractivity contribution < 1.29 is 9.72 Å². The van der Waals surface area contributed by atoms with E-state index < -0.39 is 10.8 Å². The highest BCUT2D eigenvalue weighted by Crippen LogP contribution is 2.46. The molecule has 0 saturated carbocycles. The fourth-order valence-electron chi connectivity index (χ4n) is 4.31. The summed E-state index contributed by atoms with van der Waals surface area (Å²) in [5, 5.41) is 21.3. The molecule has 0 fully saturated rings. The number of nitrogens with zero attached hydrogens (tertiary/aromatic N) is 3. The van der Waals surface area contributed by atoms with Crippen molar-refractivity contribution in [3.63, 3.8) is 0 Å². The fourth-order valence-corrected chi connectivity index (χ4v) is 4.31. The fraction of sp³-hybridized carbons (Fsp3) is 0.217. The summed E-state index contributed by atoms with van der Waals surface area (Å²) < 4.78 is 0. The minimum Gasteiger partial charge on any atom is -0.384 e. The summed E-state index contributed by atoms with van der Waals surface area (Å²) in [4.78, 5) is 25.5. The number of non-ortho nitro benzene ring substituents is 1. The predicted octanol–water partition coefficient (Wildman–Crippen LogP) is 4.21. The lowest BCUT2D eigenvalue weighted by molar-refractivity contribution is -0.384. The third-order valence-electron chi connectivity index (χ3n) is 5.59. The quantitative estimate of drug-likeness (QED) is 0.610. The Morgan fingerprint density at radius 2 is 1.97 bits per heavy atom. The van der Waals surface area contributed by atoms with Crippen LogP contribution in [0, 0.1) is 28.4 Å². The van der Waals surface area contributed by atoms with Crippen LogP contribution in [0.2, 0.25) is 0 Å². The standard InChI is InChI=1S/C23H20N4O3/c1-14-5-2-6-15(11-14)21-18(13-24)23(25)26(19-9-4-10-20(28)22(19)21)16-7-3-8-17(12-16)27(29)30/h2-3,5-8,11-12,21H,4,9-10,25H2,1H3/t21-/m0/s1. The third kappa shape index (κ3) is 3.12. The predicted molar refractivity (Wildman–Crippen MR) is 112 cm³/mol. The molecule has 0 saturated heterocycles. The molecule has 2 N–H and O–H groups in total. The van der Waals surface area contributed by atoms with E-state index in [1.165, 1.54) is 12.1 Å². The van der Waals surface area contributed by atoms with Gasteiger partial charge < -0.3 is 5.73 Å². The summed E-state index contributed by atoms with van der Waals surface area (Å²) in [6, 6.07) is 16.0. The SMILES string of the molecule is Cc1cccc([C@H]2C(C#N)=C(N)N(c3cccc([N+](=O)[O-])c3)C3=C2C(=O)CCC3)c1. The van der Waals surface area contributed by atoms with Crippen LogP contribution >= 0.6 is 0 Å². The molecule has 150 valence electrons. The maximum Gasteiger partial charge on any atom is 0.271 e. The zero-order valence-corrected chi connectivity index (χ0v) is 16.5. The Hall–Kier alpha value is -3.92. The number of hydrogen-bond donors (Lipinski definition) is 1. The van der Waals surface area contributed by atoms with E-state index in [-0.39, 0.29) is 22.9 Å². The summed E-state index contributed by atoms with van der Waals surface area (Å²) in [6.07, 6.45) is 1.67. The van der Waals surface area contributed by atoms with Crippen molar-refractivity contribution >= 4 is 17.2 Å². The van der Waals surface area contributed by atoms with Crippen molar-refractivity contribution in [3.05, 3.63) is 92.4 Å². The number of Topliss-reactive ketones (excluding diaryl/α,β-unsaturated/α-hetero) is 1. The Labute approximate surface area is 173 Å². The number of benzene rings is 2.